The highest BCUT2D eigenvalue weighted by atomic mass is 15.0. The highest BCUT2D eigenvalue weighted by Crippen LogP contribution is 2.28. The maximum Gasteiger partial charge on any atom is 0.0955 e. The van der Waals surface area contributed by atoms with Gasteiger partial charge in [-0.05, 0) is 25.5 Å². The summed E-state index contributed by atoms with van der Waals surface area (Å²) in [6, 6.07) is 8.26. The lowest BCUT2D eigenvalue weighted by Gasteiger charge is -2.15. The number of aryl methyl sites for hydroxylation is 1. The van der Waals surface area contributed by atoms with Crippen molar-refractivity contribution in [2.45, 2.75) is 19.3 Å². The Hall–Kier alpha value is -1.82. The van der Waals surface area contributed by atoms with E-state index in [0.717, 1.165) is 16.6 Å². The van der Waals surface area contributed by atoms with Gasteiger partial charge in [-0.3, -0.25) is 0 Å². The Morgan fingerprint density at radius 3 is 2.80 bits per heavy atom. The Kier molecular flexibility index (Phi) is 2.01. The van der Waals surface area contributed by atoms with Crippen LogP contribution in [0.3, 0.4) is 0 Å². The first-order valence-corrected chi connectivity index (χ1v) is 4.88. The Morgan fingerprint density at radius 2 is 2.13 bits per heavy atom. The molecule has 0 unspecified atom stereocenters. The van der Waals surface area contributed by atoms with E-state index in [1.165, 1.54) is 0 Å². The fourth-order valence-electron chi connectivity index (χ4n) is 1.72. The zero-order valence-corrected chi connectivity index (χ0v) is 9.15. The molecule has 1 aromatic carbocycles. The number of hydrogen-bond acceptors (Lipinski definition) is 2. The van der Waals surface area contributed by atoms with Crippen LogP contribution in [0.4, 0.5) is 0 Å². The van der Waals surface area contributed by atoms with Crippen LogP contribution in [0.25, 0.3) is 11.0 Å². The van der Waals surface area contributed by atoms with Gasteiger partial charge >= 0.3 is 0 Å². The van der Waals surface area contributed by atoms with Gasteiger partial charge in [0.05, 0.1) is 28.8 Å². The molecule has 3 nitrogen and oxygen atoms in total. The van der Waals surface area contributed by atoms with Crippen LogP contribution in [-0.4, -0.2) is 9.55 Å². The van der Waals surface area contributed by atoms with Crippen LogP contribution in [0.1, 0.15) is 19.4 Å². The number of imidazole rings is 1. The van der Waals surface area contributed by atoms with Crippen molar-refractivity contribution in [1.82, 2.24) is 9.55 Å². The molecular weight excluding hydrogens is 186 g/mol. The molecular formula is C12H13N3. The van der Waals surface area contributed by atoms with Crippen molar-refractivity contribution in [3.05, 3.63) is 30.1 Å². The third-order valence-corrected chi connectivity index (χ3v) is 2.71. The average Bonchev–Trinajstić information content (AvgIpc) is 2.60. The number of rotatable bonds is 1. The van der Waals surface area contributed by atoms with Crippen molar-refractivity contribution >= 4 is 11.0 Å². The lowest BCUT2D eigenvalue weighted by molar-refractivity contribution is 0.692. The van der Waals surface area contributed by atoms with Crippen LogP contribution < -0.4 is 0 Å². The van der Waals surface area contributed by atoms with Crippen LogP contribution in [-0.2, 0) is 12.5 Å². The largest absolute Gasteiger partial charge is 0.334 e. The second kappa shape index (κ2) is 3.09. The maximum absolute atomic E-state index is 9.13. The Labute approximate surface area is 89.0 Å². The monoisotopic (exact) mass is 199 g/mol. The summed E-state index contributed by atoms with van der Waals surface area (Å²) in [5, 5.41) is 9.13. The molecule has 2 aromatic rings. The minimum atomic E-state index is -0.492. The molecule has 0 radical (unpaired) electrons. The second-order valence-corrected chi connectivity index (χ2v) is 4.27. The molecule has 0 aliphatic carbocycles. The third kappa shape index (κ3) is 1.39. The summed E-state index contributed by atoms with van der Waals surface area (Å²) in [6.45, 7) is 3.83. The van der Waals surface area contributed by atoms with Crippen LogP contribution in [0.2, 0.25) is 0 Å². The summed E-state index contributed by atoms with van der Waals surface area (Å²) < 4.78 is 1.96. The van der Waals surface area contributed by atoms with E-state index in [1.807, 2.05) is 43.7 Å². The Bertz CT molecular complexity index is 543. The van der Waals surface area contributed by atoms with Gasteiger partial charge in [0.1, 0.15) is 0 Å². The van der Waals surface area contributed by atoms with E-state index in [2.05, 4.69) is 11.1 Å². The van der Waals surface area contributed by atoms with Gasteiger partial charge in [0.25, 0.3) is 0 Å². The molecule has 0 aliphatic rings. The van der Waals surface area contributed by atoms with Gasteiger partial charge < -0.3 is 4.57 Å². The van der Waals surface area contributed by atoms with Crippen molar-refractivity contribution in [2.75, 3.05) is 0 Å². The van der Waals surface area contributed by atoms with Crippen molar-refractivity contribution in [3.63, 3.8) is 0 Å². The summed E-state index contributed by atoms with van der Waals surface area (Å²) in [6.07, 6.45) is 1.78. The van der Waals surface area contributed by atoms with Gasteiger partial charge in [-0.25, -0.2) is 4.98 Å². The fraction of sp³-hybridized carbons (Fsp3) is 0.333. The van der Waals surface area contributed by atoms with Gasteiger partial charge in [0, 0.05) is 7.05 Å². The number of fused-ring (bicyclic) bond motifs is 1. The van der Waals surface area contributed by atoms with E-state index in [0.29, 0.717) is 0 Å². The highest BCUT2D eigenvalue weighted by Gasteiger charge is 2.23. The van der Waals surface area contributed by atoms with E-state index >= 15 is 0 Å². The Balaban J connectivity index is 2.79. The number of benzene rings is 1. The van der Waals surface area contributed by atoms with E-state index < -0.39 is 5.41 Å². The van der Waals surface area contributed by atoms with Crippen molar-refractivity contribution in [1.29, 1.82) is 5.26 Å². The predicted octanol–water partition coefficient (Wildman–Crippen LogP) is 2.37. The molecule has 15 heavy (non-hydrogen) atoms. The van der Waals surface area contributed by atoms with E-state index in [9.17, 15) is 0 Å². The molecule has 0 amide bonds. The first-order chi connectivity index (χ1) is 7.06. The topological polar surface area (TPSA) is 41.6 Å². The van der Waals surface area contributed by atoms with Crippen molar-refractivity contribution in [2.24, 2.45) is 7.05 Å². The molecule has 1 aromatic heterocycles. The van der Waals surface area contributed by atoms with Crippen LogP contribution in [0, 0.1) is 11.3 Å². The maximum atomic E-state index is 9.13. The number of hydrogen-bond donors (Lipinski definition) is 0. The lowest BCUT2D eigenvalue weighted by atomic mass is 9.85. The summed E-state index contributed by atoms with van der Waals surface area (Å²) in [4.78, 5) is 4.34. The van der Waals surface area contributed by atoms with Gasteiger partial charge in [-0.15, -0.1) is 0 Å². The minimum absolute atomic E-state index is 0.492. The van der Waals surface area contributed by atoms with Crippen molar-refractivity contribution in [3.8, 4) is 6.07 Å². The Morgan fingerprint density at radius 1 is 1.40 bits per heavy atom. The molecule has 0 bridgehead atoms. The lowest BCUT2D eigenvalue weighted by Crippen LogP contribution is -2.14. The first-order valence-electron chi connectivity index (χ1n) is 4.88. The van der Waals surface area contributed by atoms with Gasteiger partial charge in [-0.1, -0.05) is 12.1 Å². The molecule has 0 saturated heterocycles. The van der Waals surface area contributed by atoms with Crippen LogP contribution in [0.15, 0.2) is 24.5 Å². The zero-order valence-electron chi connectivity index (χ0n) is 9.15. The molecule has 76 valence electrons. The number of nitrogens with zero attached hydrogens (tertiary/aromatic N) is 3. The number of aromatic nitrogens is 2. The van der Waals surface area contributed by atoms with Crippen LogP contribution >= 0.6 is 0 Å². The predicted molar refractivity (Wildman–Crippen MR) is 59.4 cm³/mol. The average molecular weight is 199 g/mol. The zero-order chi connectivity index (χ0) is 11.1. The number of para-hydroxylation sites is 1. The van der Waals surface area contributed by atoms with Gasteiger partial charge in [0.15, 0.2) is 0 Å². The summed E-state index contributed by atoms with van der Waals surface area (Å²) in [5.74, 6) is 0. The molecule has 0 N–H and O–H groups in total. The molecule has 1 heterocycles. The van der Waals surface area contributed by atoms with Gasteiger partial charge in [0.2, 0.25) is 0 Å². The van der Waals surface area contributed by atoms with Crippen molar-refractivity contribution < 1.29 is 0 Å². The van der Waals surface area contributed by atoms with E-state index in [-0.39, 0.29) is 0 Å². The summed E-state index contributed by atoms with van der Waals surface area (Å²) in [5.41, 5.74) is 2.49. The molecule has 3 heteroatoms. The third-order valence-electron chi connectivity index (χ3n) is 2.71. The first kappa shape index (κ1) is 9.72. The molecule has 0 fully saturated rings. The molecule has 0 aliphatic heterocycles. The number of nitriles is 1. The smallest absolute Gasteiger partial charge is 0.0955 e. The van der Waals surface area contributed by atoms with E-state index in [4.69, 9.17) is 5.26 Å². The highest BCUT2D eigenvalue weighted by molar-refractivity contribution is 5.80. The SMILES string of the molecule is Cn1cnc2c(C(C)(C)C#N)cccc21. The standard InChI is InChI=1S/C12H13N3/c1-12(2,7-13)9-5-4-6-10-11(9)14-8-15(10)3/h4-6,8H,1-3H3. The van der Waals surface area contributed by atoms with Gasteiger partial charge in [-0.2, -0.15) is 5.26 Å². The molecule has 0 atom stereocenters. The quantitative estimate of drug-likeness (QED) is 0.707. The van der Waals surface area contributed by atoms with E-state index in [1.54, 1.807) is 6.33 Å². The summed E-state index contributed by atoms with van der Waals surface area (Å²) >= 11 is 0. The summed E-state index contributed by atoms with van der Waals surface area (Å²) in [7, 11) is 1.96. The molecule has 0 spiro atoms. The minimum Gasteiger partial charge on any atom is -0.334 e. The molecule has 0 saturated carbocycles. The second-order valence-electron chi connectivity index (χ2n) is 4.27. The normalized spacial score (nSPS) is 11.6. The fourth-order valence-corrected chi connectivity index (χ4v) is 1.72. The van der Waals surface area contributed by atoms with Crippen LogP contribution in [0.5, 0.6) is 0 Å². The molecule has 2 rings (SSSR count).